The van der Waals surface area contributed by atoms with Crippen LogP contribution in [-0.2, 0) is 11.2 Å². The molecule has 122 valence electrons. The lowest BCUT2D eigenvalue weighted by molar-refractivity contribution is -0.116. The summed E-state index contributed by atoms with van der Waals surface area (Å²) in [6.45, 7) is 2.53. The second-order valence-corrected chi connectivity index (χ2v) is 6.09. The number of aryl methyl sites for hydroxylation is 1. The number of hydrogen-bond donors (Lipinski definition) is 2. The molecular weight excluding hydrogens is 312 g/mol. The lowest BCUT2D eigenvalue weighted by atomic mass is 10.2. The molecule has 2 amide bonds. The van der Waals surface area contributed by atoms with Gasteiger partial charge in [-0.2, -0.15) is 0 Å². The average molecular weight is 332 g/mol. The normalized spacial score (nSPS) is 10.3. The van der Waals surface area contributed by atoms with Gasteiger partial charge in [-0.1, -0.05) is 36.5 Å². The predicted molar refractivity (Wildman–Crippen MR) is 90.5 cm³/mol. The molecule has 0 fully saturated rings. The zero-order valence-electron chi connectivity index (χ0n) is 13.0. The number of anilines is 1. The van der Waals surface area contributed by atoms with E-state index in [1.807, 2.05) is 18.2 Å². The molecule has 0 saturated carbocycles. The van der Waals surface area contributed by atoms with Gasteiger partial charge >= 0.3 is 0 Å². The summed E-state index contributed by atoms with van der Waals surface area (Å²) in [5, 5.41) is 14.9. The molecule has 0 spiro atoms. The Kier molecular flexibility index (Phi) is 6.68. The Morgan fingerprint density at radius 1 is 1.17 bits per heavy atom. The third-order valence-electron chi connectivity index (χ3n) is 3.08. The third-order valence-corrected chi connectivity index (χ3v) is 3.98. The largest absolute Gasteiger partial charge is 0.352 e. The van der Waals surface area contributed by atoms with E-state index in [2.05, 4.69) is 27.8 Å². The molecule has 1 aromatic carbocycles. The molecule has 2 N–H and O–H groups in total. The highest BCUT2D eigenvalue weighted by Gasteiger charge is 2.08. The first-order valence-corrected chi connectivity index (χ1v) is 8.46. The minimum Gasteiger partial charge on any atom is -0.352 e. The quantitative estimate of drug-likeness (QED) is 0.728. The van der Waals surface area contributed by atoms with Crippen molar-refractivity contribution in [3.8, 4) is 0 Å². The number of carbonyl (C=O) groups is 2. The van der Waals surface area contributed by atoms with Gasteiger partial charge in [0.1, 0.15) is 5.01 Å². The van der Waals surface area contributed by atoms with E-state index in [9.17, 15) is 9.59 Å². The summed E-state index contributed by atoms with van der Waals surface area (Å²) in [6, 6.07) is 9.01. The van der Waals surface area contributed by atoms with Gasteiger partial charge in [0.05, 0.1) is 0 Å². The molecule has 6 nitrogen and oxygen atoms in total. The first-order chi connectivity index (χ1) is 11.2. The van der Waals surface area contributed by atoms with Crippen molar-refractivity contribution in [3.63, 3.8) is 0 Å². The molecule has 0 saturated heterocycles. The predicted octanol–water partition coefficient (Wildman–Crippen LogP) is 2.64. The van der Waals surface area contributed by atoms with Crippen LogP contribution in [-0.4, -0.2) is 28.6 Å². The van der Waals surface area contributed by atoms with Gasteiger partial charge in [0.2, 0.25) is 11.0 Å². The van der Waals surface area contributed by atoms with Crippen molar-refractivity contribution in [3.05, 3.63) is 40.9 Å². The Bertz CT molecular complexity index is 643. The topological polar surface area (TPSA) is 84.0 Å². The van der Waals surface area contributed by atoms with Crippen LogP contribution in [0.2, 0.25) is 0 Å². The summed E-state index contributed by atoms with van der Waals surface area (Å²) >= 11 is 1.40. The number of aromatic nitrogens is 2. The smallest absolute Gasteiger partial charge is 0.251 e. The molecule has 0 aliphatic rings. The van der Waals surface area contributed by atoms with E-state index in [0.29, 0.717) is 30.1 Å². The molecule has 0 radical (unpaired) electrons. The number of nitrogens with one attached hydrogen (secondary N) is 2. The number of benzene rings is 1. The highest BCUT2D eigenvalue weighted by molar-refractivity contribution is 7.15. The molecule has 0 aliphatic carbocycles. The van der Waals surface area contributed by atoms with E-state index in [4.69, 9.17) is 0 Å². The lowest BCUT2D eigenvalue weighted by Gasteiger charge is -2.05. The minimum absolute atomic E-state index is 0.113. The Balaban J connectivity index is 1.65. The second kappa shape index (κ2) is 8.99. The first-order valence-electron chi connectivity index (χ1n) is 7.64. The first kappa shape index (κ1) is 17.1. The maximum Gasteiger partial charge on any atom is 0.251 e. The van der Waals surface area contributed by atoms with E-state index >= 15 is 0 Å². The molecular formula is C16H20N4O2S. The molecule has 0 bridgehead atoms. The van der Waals surface area contributed by atoms with Crippen molar-refractivity contribution >= 4 is 28.3 Å². The van der Waals surface area contributed by atoms with Crippen LogP contribution < -0.4 is 10.6 Å². The highest BCUT2D eigenvalue weighted by atomic mass is 32.1. The Hall–Kier alpha value is -2.28. The molecule has 0 aliphatic heterocycles. The summed E-state index contributed by atoms with van der Waals surface area (Å²) in [7, 11) is 0. The molecule has 2 aromatic rings. The number of amides is 2. The Morgan fingerprint density at radius 3 is 2.70 bits per heavy atom. The van der Waals surface area contributed by atoms with Gasteiger partial charge in [-0.25, -0.2) is 0 Å². The van der Waals surface area contributed by atoms with Gasteiger partial charge in [0.15, 0.2) is 0 Å². The minimum atomic E-state index is -0.126. The summed E-state index contributed by atoms with van der Waals surface area (Å²) in [5.74, 6) is -0.238. The van der Waals surface area contributed by atoms with Crippen LogP contribution in [0.25, 0.3) is 0 Å². The van der Waals surface area contributed by atoms with E-state index in [0.717, 1.165) is 17.8 Å². The van der Waals surface area contributed by atoms with Crippen LogP contribution in [0, 0.1) is 0 Å². The van der Waals surface area contributed by atoms with E-state index in [-0.39, 0.29) is 11.8 Å². The highest BCUT2D eigenvalue weighted by Crippen LogP contribution is 2.16. The van der Waals surface area contributed by atoms with Gasteiger partial charge in [-0.15, -0.1) is 10.2 Å². The summed E-state index contributed by atoms with van der Waals surface area (Å²) in [6.07, 6.45) is 2.78. The fourth-order valence-corrected chi connectivity index (χ4v) is 2.80. The SMILES string of the molecule is CCCc1nnc(NC(=O)CCCNC(=O)c2ccccc2)s1. The average Bonchev–Trinajstić information content (AvgIpc) is 2.99. The van der Waals surface area contributed by atoms with Crippen LogP contribution >= 0.6 is 11.3 Å². The monoisotopic (exact) mass is 332 g/mol. The molecule has 0 unspecified atom stereocenters. The van der Waals surface area contributed by atoms with Crippen molar-refractivity contribution in [2.45, 2.75) is 32.6 Å². The van der Waals surface area contributed by atoms with Crippen LogP contribution in [0.15, 0.2) is 30.3 Å². The van der Waals surface area contributed by atoms with Crippen molar-refractivity contribution < 1.29 is 9.59 Å². The molecule has 0 atom stereocenters. The van der Waals surface area contributed by atoms with E-state index < -0.39 is 0 Å². The van der Waals surface area contributed by atoms with Gasteiger partial charge in [0.25, 0.3) is 5.91 Å². The maximum absolute atomic E-state index is 11.8. The van der Waals surface area contributed by atoms with E-state index in [1.54, 1.807) is 12.1 Å². The molecule has 7 heteroatoms. The van der Waals surface area contributed by atoms with Gasteiger partial charge in [-0.05, 0) is 25.0 Å². The summed E-state index contributed by atoms with van der Waals surface area (Å²) in [5.41, 5.74) is 0.620. The Labute approximate surface area is 139 Å². The van der Waals surface area contributed by atoms with Crippen LogP contribution in [0.1, 0.15) is 41.6 Å². The molecule has 1 heterocycles. The van der Waals surface area contributed by atoms with Crippen molar-refractivity contribution in [1.82, 2.24) is 15.5 Å². The fourth-order valence-electron chi connectivity index (χ4n) is 1.94. The number of nitrogens with zero attached hydrogens (tertiary/aromatic N) is 2. The molecule has 2 rings (SSSR count). The third kappa shape index (κ3) is 5.78. The van der Waals surface area contributed by atoms with Crippen molar-refractivity contribution in [1.29, 1.82) is 0 Å². The van der Waals surface area contributed by atoms with Crippen molar-refractivity contribution in [2.75, 3.05) is 11.9 Å². The van der Waals surface area contributed by atoms with E-state index in [1.165, 1.54) is 11.3 Å². The van der Waals surface area contributed by atoms with Crippen LogP contribution in [0.3, 0.4) is 0 Å². The molecule has 23 heavy (non-hydrogen) atoms. The zero-order chi connectivity index (χ0) is 16.5. The fraction of sp³-hybridized carbons (Fsp3) is 0.375. The number of carbonyl (C=O) groups excluding carboxylic acids is 2. The zero-order valence-corrected chi connectivity index (χ0v) is 13.9. The van der Waals surface area contributed by atoms with Gasteiger partial charge in [0, 0.05) is 24.9 Å². The maximum atomic E-state index is 11.8. The summed E-state index contributed by atoms with van der Waals surface area (Å²) < 4.78 is 0. The second-order valence-electron chi connectivity index (χ2n) is 5.02. The van der Waals surface area contributed by atoms with Crippen molar-refractivity contribution in [2.24, 2.45) is 0 Å². The van der Waals surface area contributed by atoms with Gasteiger partial charge < -0.3 is 10.6 Å². The Morgan fingerprint density at radius 2 is 1.96 bits per heavy atom. The standard InChI is InChI=1S/C16H20N4O2S/c1-2-7-14-19-20-16(23-14)18-13(21)10-6-11-17-15(22)12-8-4-3-5-9-12/h3-5,8-9H,2,6-7,10-11H2,1H3,(H,17,22)(H,18,20,21). The van der Waals surface area contributed by atoms with Crippen LogP contribution in [0.5, 0.6) is 0 Å². The van der Waals surface area contributed by atoms with Crippen LogP contribution in [0.4, 0.5) is 5.13 Å². The number of hydrogen-bond acceptors (Lipinski definition) is 5. The number of rotatable bonds is 8. The molecule has 1 aromatic heterocycles. The van der Waals surface area contributed by atoms with Gasteiger partial charge in [-0.3, -0.25) is 9.59 Å². The summed E-state index contributed by atoms with van der Waals surface area (Å²) in [4.78, 5) is 23.6. The lowest BCUT2D eigenvalue weighted by Crippen LogP contribution is -2.25.